The van der Waals surface area contributed by atoms with Crippen LogP contribution in [-0.4, -0.2) is 38.9 Å². The van der Waals surface area contributed by atoms with Gasteiger partial charge in [-0.3, -0.25) is 0 Å². The third-order valence-electron chi connectivity index (χ3n) is 4.88. The van der Waals surface area contributed by atoms with Crippen LogP contribution in [-0.2, 0) is 10.0 Å². The number of carbonyl (C=O) groups is 1. The highest BCUT2D eigenvalue weighted by atomic mass is 32.2. The highest BCUT2D eigenvalue weighted by Gasteiger charge is 2.28. The van der Waals surface area contributed by atoms with Crippen molar-refractivity contribution in [3.8, 4) is 11.5 Å². The fourth-order valence-corrected chi connectivity index (χ4v) is 5.04. The molecule has 0 N–H and O–H groups in total. The second-order valence-corrected chi connectivity index (χ2v) is 8.90. The number of benzene rings is 2. The van der Waals surface area contributed by atoms with Crippen LogP contribution in [0.25, 0.3) is 0 Å². The lowest BCUT2D eigenvalue weighted by Gasteiger charge is -2.26. The van der Waals surface area contributed by atoms with Gasteiger partial charge in [0.1, 0.15) is 0 Å². The molecule has 0 radical (unpaired) electrons. The van der Waals surface area contributed by atoms with Crippen LogP contribution in [0.4, 0.5) is 0 Å². The number of carbonyl (C=O) groups excluding carboxylic acids is 1. The maximum absolute atomic E-state index is 13.0. The summed E-state index contributed by atoms with van der Waals surface area (Å²) < 4.78 is 38.3. The Balaban J connectivity index is 1.89. The second kappa shape index (κ2) is 8.32. The predicted molar refractivity (Wildman–Crippen MR) is 106 cm³/mol. The molecular weight excluding hydrogens is 378 g/mol. The van der Waals surface area contributed by atoms with Gasteiger partial charge in [-0.25, -0.2) is 13.2 Å². The molecule has 0 saturated carbocycles. The smallest absolute Gasteiger partial charge is 0.343 e. The van der Waals surface area contributed by atoms with Crippen molar-refractivity contribution in [2.75, 3.05) is 20.2 Å². The quantitative estimate of drug-likeness (QED) is 0.562. The molecule has 28 heavy (non-hydrogen) atoms. The summed E-state index contributed by atoms with van der Waals surface area (Å²) in [5.41, 5.74) is 1.76. The molecule has 0 aromatic heterocycles. The lowest BCUT2D eigenvalue weighted by atomic mass is 10.1. The molecular formula is C21H25NO5S. The van der Waals surface area contributed by atoms with Crippen LogP contribution in [0, 0.1) is 13.8 Å². The maximum Gasteiger partial charge on any atom is 0.343 e. The van der Waals surface area contributed by atoms with Crippen LogP contribution in [0.3, 0.4) is 0 Å². The monoisotopic (exact) mass is 403 g/mol. The summed E-state index contributed by atoms with van der Waals surface area (Å²) in [6.07, 6.45) is 2.75. The molecule has 7 heteroatoms. The number of piperidine rings is 1. The van der Waals surface area contributed by atoms with Gasteiger partial charge in [0, 0.05) is 13.1 Å². The molecule has 0 bridgehead atoms. The van der Waals surface area contributed by atoms with Gasteiger partial charge >= 0.3 is 5.97 Å². The normalized spacial score (nSPS) is 15.2. The number of esters is 1. The number of nitrogens with zero attached hydrogens (tertiary/aromatic N) is 1. The van der Waals surface area contributed by atoms with Crippen LogP contribution >= 0.6 is 0 Å². The van der Waals surface area contributed by atoms with Crippen molar-refractivity contribution in [2.24, 2.45) is 0 Å². The minimum atomic E-state index is -3.64. The van der Waals surface area contributed by atoms with E-state index in [1.165, 1.54) is 17.5 Å². The Kier molecular flexibility index (Phi) is 6.05. The van der Waals surface area contributed by atoms with Gasteiger partial charge in [-0.1, -0.05) is 18.6 Å². The van der Waals surface area contributed by atoms with Crippen molar-refractivity contribution in [3.63, 3.8) is 0 Å². The molecule has 0 amide bonds. The van der Waals surface area contributed by atoms with Crippen molar-refractivity contribution in [1.82, 2.24) is 4.31 Å². The molecule has 0 spiro atoms. The standard InChI is InChI=1S/C21H25NO5S/c1-15-7-10-18(19(13-15)26-3)27-21(23)17-9-8-16(2)20(14-17)28(24,25)22-11-5-4-6-12-22/h7-10,13-14H,4-6,11-12H2,1-3H3. The van der Waals surface area contributed by atoms with Gasteiger partial charge in [0.05, 0.1) is 17.6 Å². The molecule has 1 aliphatic rings. The summed E-state index contributed by atoms with van der Waals surface area (Å²) in [6, 6.07) is 9.86. The van der Waals surface area contributed by atoms with Gasteiger partial charge in [-0.15, -0.1) is 0 Å². The SMILES string of the molecule is COc1cc(C)ccc1OC(=O)c1ccc(C)c(S(=O)(=O)N2CCCCC2)c1. The number of hydrogen-bond acceptors (Lipinski definition) is 5. The van der Waals surface area contributed by atoms with Crippen LogP contribution < -0.4 is 9.47 Å². The van der Waals surface area contributed by atoms with Crippen LogP contribution in [0.1, 0.15) is 40.7 Å². The van der Waals surface area contributed by atoms with Crippen molar-refractivity contribution in [3.05, 3.63) is 53.1 Å². The lowest BCUT2D eigenvalue weighted by molar-refractivity contribution is 0.0729. The fourth-order valence-electron chi connectivity index (χ4n) is 3.27. The summed E-state index contributed by atoms with van der Waals surface area (Å²) in [7, 11) is -2.14. The number of hydrogen-bond donors (Lipinski definition) is 0. The average Bonchev–Trinajstić information content (AvgIpc) is 2.70. The largest absolute Gasteiger partial charge is 0.493 e. The molecule has 0 unspecified atom stereocenters. The lowest BCUT2D eigenvalue weighted by Crippen LogP contribution is -2.36. The molecule has 0 aliphatic carbocycles. The van der Waals surface area contributed by atoms with E-state index >= 15 is 0 Å². The fraction of sp³-hybridized carbons (Fsp3) is 0.381. The van der Waals surface area contributed by atoms with E-state index in [4.69, 9.17) is 9.47 Å². The maximum atomic E-state index is 13.0. The van der Waals surface area contributed by atoms with Crippen LogP contribution in [0.2, 0.25) is 0 Å². The Morgan fingerprint density at radius 1 is 0.964 bits per heavy atom. The zero-order chi connectivity index (χ0) is 20.3. The third-order valence-corrected chi connectivity index (χ3v) is 6.92. The molecule has 3 rings (SSSR count). The van der Waals surface area contributed by atoms with E-state index < -0.39 is 16.0 Å². The first-order valence-electron chi connectivity index (χ1n) is 9.30. The van der Waals surface area contributed by atoms with E-state index in [1.54, 1.807) is 31.2 Å². The molecule has 1 saturated heterocycles. The third kappa shape index (κ3) is 4.20. The van der Waals surface area contributed by atoms with E-state index in [0.29, 0.717) is 30.2 Å². The van der Waals surface area contributed by atoms with Crippen LogP contribution in [0.15, 0.2) is 41.3 Å². The molecule has 1 aliphatic heterocycles. The minimum Gasteiger partial charge on any atom is -0.493 e. The van der Waals surface area contributed by atoms with Crippen molar-refractivity contribution in [2.45, 2.75) is 38.0 Å². The Bertz CT molecular complexity index is 978. The zero-order valence-electron chi connectivity index (χ0n) is 16.4. The molecule has 2 aromatic rings. The minimum absolute atomic E-state index is 0.153. The predicted octanol–water partition coefficient (Wildman–Crippen LogP) is 3.71. The van der Waals surface area contributed by atoms with Gasteiger partial charge in [0.25, 0.3) is 0 Å². The summed E-state index contributed by atoms with van der Waals surface area (Å²) in [4.78, 5) is 12.8. The molecule has 6 nitrogen and oxygen atoms in total. The van der Waals surface area contributed by atoms with Gasteiger partial charge < -0.3 is 9.47 Å². The van der Waals surface area contributed by atoms with E-state index in [1.807, 2.05) is 13.0 Å². The molecule has 0 atom stereocenters. The molecule has 150 valence electrons. The van der Waals surface area contributed by atoms with Gasteiger partial charge in [-0.2, -0.15) is 4.31 Å². The van der Waals surface area contributed by atoms with Gasteiger partial charge in [0.15, 0.2) is 11.5 Å². The second-order valence-electron chi connectivity index (χ2n) is 6.99. The van der Waals surface area contributed by atoms with E-state index in [0.717, 1.165) is 24.8 Å². The average molecular weight is 404 g/mol. The van der Waals surface area contributed by atoms with E-state index in [-0.39, 0.29) is 10.5 Å². The molecule has 1 fully saturated rings. The van der Waals surface area contributed by atoms with E-state index in [2.05, 4.69) is 0 Å². The van der Waals surface area contributed by atoms with Crippen LogP contribution in [0.5, 0.6) is 11.5 Å². The first kappa shape index (κ1) is 20.4. The van der Waals surface area contributed by atoms with Gasteiger partial charge in [-0.05, 0) is 62.1 Å². The van der Waals surface area contributed by atoms with Crippen molar-refractivity contribution < 1.29 is 22.7 Å². The first-order valence-corrected chi connectivity index (χ1v) is 10.7. The molecule has 1 heterocycles. The number of ether oxygens (including phenoxy) is 2. The Hall–Kier alpha value is -2.38. The van der Waals surface area contributed by atoms with Gasteiger partial charge in [0.2, 0.25) is 10.0 Å². The van der Waals surface area contributed by atoms with E-state index in [9.17, 15) is 13.2 Å². The zero-order valence-corrected chi connectivity index (χ0v) is 17.2. The summed E-state index contributed by atoms with van der Waals surface area (Å²) >= 11 is 0. The first-order chi connectivity index (χ1) is 13.3. The highest BCUT2D eigenvalue weighted by molar-refractivity contribution is 7.89. The topological polar surface area (TPSA) is 72.9 Å². The van der Waals surface area contributed by atoms with Crippen molar-refractivity contribution >= 4 is 16.0 Å². The number of aryl methyl sites for hydroxylation is 2. The summed E-state index contributed by atoms with van der Waals surface area (Å²) in [5, 5.41) is 0. The Morgan fingerprint density at radius 3 is 2.36 bits per heavy atom. The molecule has 2 aromatic carbocycles. The Morgan fingerprint density at radius 2 is 1.68 bits per heavy atom. The summed E-state index contributed by atoms with van der Waals surface area (Å²) in [5.74, 6) is 0.109. The number of methoxy groups -OCH3 is 1. The van der Waals surface area contributed by atoms with Crippen molar-refractivity contribution in [1.29, 1.82) is 0 Å². The highest BCUT2D eigenvalue weighted by Crippen LogP contribution is 2.29. The number of sulfonamides is 1. The number of rotatable bonds is 5. The summed E-state index contributed by atoms with van der Waals surface area (Å²) in [6.45, 7) is 4.66. The Labute approximate surface area is 166 Å².